The number of para-hydroxylation sites is 1. The molecule has 0 radical (unpaired) electrons. The Labute approximate surface area is 133 Å². The Bertz CT molecular complexity index is 779. The van der Waals surface area contributed by atoms with Crippen LogP contribution in [0.5, 0.6) is 0 Å². The van der Waals surface area contributed by atoms with Crippen LogP contribution in [0.25, 0.3) is 10.9 Å². The van der Waals surface area contributed by atoms with E-state index in [1.165, 1.54) is 31.7 Å². The largest absolute Gasteiger partial charge is 0.368 e. The summed E-state index contributed by atoms with van der Waals surface area (Å²) in [6.07, 6.45) is 5.11. The molecule has 1 heterocycles. The summed E-state index contributed by atoms with van der Waals surface area (Å²) in [5.74, 6) is 1.24. The molecule has 1 aromatic carbocycles. The molecular formula is C17H19FN4O. The molecule has 0 spiro atoms. The number of carbonyl (C=O) groups is 1. The van der Waals surface area contributed by atoms with E-state index in [2.05, 4.69) is 15.3 Å². The van der Waals surface area contributed by atoms with E-state index >= 15 is 0 Å². The zero-order valence-electron chi connectivity index (χ0n) is 12.8. The smallest absolute Gasteiger partial charge is 0.270 e. The van der Waals surface area contributed by atoms with Crippen LogP contribution in [0.4, 0.5) is 10.3 Å². The number of amides is 1. The van der Waals surface area contributed by atoms with Crippen molar-refractivity contribution < 1.29 is 9.18 Å². The minimum atomic E-state index is -0.501. The SMILES string of the molecule is Nc1nc(C(=O)NCC2CC3CCC2C3)c2cccc(F)c2n1. The van der Waals surface area contributed by atoms with E-state index in [4.69, 9.17) is 5.73 Å². The second-order valence-corrected chi connectivity index (χ2v) is 6.71. The maximum Gasteiger partial charge on any atom is 0.270 e. The number of rotatable bonds is 3. The van der Waals surface area contributed by atoms with Crippen molar-refractivity contribution in [3.63, 3.8) is 0 Å². The van der Waals surface area contributed by atoms with Crippen molar-refractivity contribution >= 4 is 22.8 Å². The lowest BCUT2D eigenvalue weighted by Crippen LogP contribution is -2.32. The second-order valence-electron chi connectivity index (χ2n) is 6.71. The Morgan fingerprint density at radius 2 is 2.17 bits per heavy atom. The third-order valence-corrected chi connectivity index (χ3v) is 5.32. The van der Waals surface area contributed by atoms with Crippen LogP contribution in [-0.4, -0.2) is 22.4 Å². The molecule has 23 heavy (non-hydrogen) atoms. The van der Waals surface area contributed by atoms with Crippen LogP contribution in [0, 0.1) is 23.6 Å². The maximum atomic E-state index is 13.9. The number of hydrogen-bond acceptors (Lipinski definition) is 4. The van der Waals surface area contributed by atoms with Crippen LogP contribution >= 0.6 is 0 Å². The third-order valence-electron chi connectivity index (χ3n) is 5.32. The highest BCUT2D eigenvalue weighted by Gasteiger charge is 2.39. The van der Waals surface area contributed by atoms with E-state index in [0.717, 1.165) is 11.8 Å². The van der Waals surface area contributed by atoms with E-state index < -0.39 is 5.82 Å². The lowest BCUT2D eigenvalue weighted by atomic mass is 9.89. The summed E-state index contributed by atoms with van der Waals surface area (Å²) in [6.45, 7) is 0.653. The molecule has 3 N–H and O–H groups in total. The molecule has 6 heteroatoms. The molecule has 3 atom stereocenters. The zero-order chi connectivity index (χ0) is 16.0. The van der Waals surface area contributed by atoms with Crippen molar-refractivity contribution in [1.29, 1.82) is 0 Å². The first-order valence-corrected chi connectivity index (χ1v) is 8.11. The predicted octanol–water partition coefficient (Wildman–Crippen LogP) is 2.52. The van der Waals surface area contributed by atoms with E-state index in [-0.39, 0.29) is 23.1 Å². The molecule has 2 saturated carbocycles. The van der Waals surface area contributed by atoms with Crippen LogP contribution in [0.3, 0.4) is 0 Å². The molecule has 3 unspecified atom stereocenters. The average molecular weight is 314 g/mol. The van der Waals surface area contributed by atoms with Crippen LogP contribution in [-0.2, 0) is 0 Å². The zero-order valence-corrected chi connectivity index (χ0v) is 12.8. The maximum absolute atomic E-state index is 13.9. The van der Waals surface area contributed by atoms with Crippen molar-refractivity contribution in [3.05, 3.63) is 29.7 Å². The number of halogens is 1. The van der Waals surface area contributed by atoms with E-state index in [1.54, 1.807) is 12.1 Å². The fourth-order valence-corrected chi connectivity index (χ4v) is 4.24. The van der Waals surface area contributed by atoms with Gasteiger partial charge < -0.3 is 11.1 Å². The van der Waals surface area contributed by atoms with Gasteiger partial charge in [-0.05, 0) is 43.1 Å². The van der Waals surface area contributed by atoms with Gasteiger partial charge in [0.25, 0.3) is 5.91 Å². The lowest BCUT2D eigenvalue weighted by molar-refractivity contribution is 0.0938. The average Bonchev–Trinajstić information content (AvgIpc) is 3.15. The number of benzene rings is 1. The van der Waals surface area contributed by atoms with Gasteiger partial charge in [-0.3, -0.25) is 4.79 Å². The number of fused-ring (bicyclic) bond motifs is 3. The summed E-state index contributed by atoms with van der Waals surface area (Å²) >= 11 is 0. The van der Waals surface area contributed by atoms with Crippen molar-refractivity contribution in [2.45, 2.75) is 25.7 Å². The van der Waals surface area contributed by atoms with Gasteiger partial charge in [0.1, 0.15) is 17.0 Å². The van der Waals surface area contributed by atoms with E-state index in [0.29, 0.717) is 17.8 Å². The number of nitrogen functional groups attached to an aromatic ring is 1. The Kier molecular flexibility index (Phi) is 3.39. The van der Waals surface area contributed by atoms with Gasteiger partial charge in [-0.25, -0.2) is 14.4 Å². The van der Waals surface area contributed by atoms with E-state index in [9.17, 15) is 9.18 Å². The van der Waals surface area contributed by atoms with Gasteiger partial charge >= 0.3 is 0 Å². The summed E-state index contributed by atoms with van der Waals surface area (Å²) in [6, 6.07) is 4.49. The monoisotopic (exact) mass is 314 g/mol. The lowest BCUT2D eigenvalue weighted by Gasteiger charge is -2.21. The fraction of sp³-hybridized carbons (Fsp3) is 0.471. The number of nitrogens with one attached hydrogen (secondary N) is 1. The van der Waals surface area contributed by atoms with Crippen molar-refractivity contribution in [2.24, 2.45) is 17.8 Å². The number of nitrogens with two attached hydrogens (primary N) is 1. The second kappa shape index (κ2) is 5.44. The molecule has 2 aromatic rings. The summed E-state index contributed by atoms with van der Waals surface area (Å²) in [5, 5.41) is 3.35. The highest BCUT2D eigenvalue weighted by atomic mass is 19.1. The number of hydrogen-bond donors (Lipinski definition) is 2. The molecule has 0 aliphatic heterocycles. The number of aromatic nitrogens is 2. The quantitative estimate of drug-likeness (QED) is 0.912. The summed E-state index contributed by atoms with van der Waals surface area (Å²) in [4.78, 5) is 20.4. The van der Waals surface area contributed by atoms with Crippen LogP contribution < -0.4 is 11.1 Å². The van der Waals surface area contributed by atoms with Gasteiger partial charge in [0.2, 0.25) is 5.95 Å². The summed E-state index contributed by atoms with van der Waals surface area (Å²) < 4.78 is 13.9. The molecule has 1 amide bonds. The minimum Gasteiger partial charge on any atom is -0.368 e. The molecule has 120 valence electrons. The number of anilines is 1. The van der Waals surface area contributed by atoms with Gasteiger partial charge in [-0.1, -0.05) is 18.6 Å². The van der Waals surface area contributed by atoms with Gasteiger partial charge in [-0.15, -0.1) is 0 Å². The fourth-order valence-electron chi connectivity index (χ4n) is 4.24. The molecule has 2 aliphatic rings. The van der Waals surface area contributed by atoms with Gasteiger partial charge in [0.15, 0.2) is 0 Å². The minimum absolute atomic E-state index is 0.0880. The highest BCUT2D eigenvalue weighted by Crippen LogP contribution is 2.47. The van der Waals surface area contributed by atoms with Crippen LogP contribution in [0.2, 0.25) is 0 Å². The molecule has 2 aliphatic carbocycles. The normalized spacial score (nSPS) is 25.9. The van der Waals surface area contributed by atoms with E-state index in [1.807, 2.05) is 0 Å². The van der Waals surface area contributed by atoms with Gasteiger partial charge in [0.05, 0.1) is 0 Å². The topological polar surface area (TPSA) is 80.9 Å². The molecule has 2 bridgehead atoms. The summed E-state index contributed by atoms with van der Waals surface area (Å²) in [7, 11) is 0. The molecular weight excluding hydrogens is 295 g/mol. The Morgan fingerprint density at radius 3 is 2.91 bits per heavy atom. The third kappa shape index (κ3) is 2.52. The molecule has 2 fully saturated rings. The first-order chi connectivity index (χ1) is 11.1. The van der Waals surface area contributed by atoms with Gasteiger partial charge in [0, 0.05) is 11.9 Å². The highest BCUT2D eigenvalue weighted by molar-refractivity contribution is 6.04. The van der Waals surface area contributed by atoms with Crippen LogP contribution in [0.1, 0.15) is 36.2 Å². The van der Waals surface area contributed by atoms with Gasteiger partial charge in [-0.2, -0.15) is 0 Å². The molecule has 4 rings (SSSR count). The van der Waals surface area contributed by atoms with Crippen molar-refractivity contribution in [1.82, 2.24) is 15.3 Å². The summed E-state index contributed by atoms with van der Waals surface area (Å²) in [5.41, 5.74) is 5.87. The standard InChI is InChI=1S/C17H19FN4O/c18-13-3-1-2-12-14(13)21-17(19)22-15(12)16(23)20-8-11-7-9-4-5-10(11)6-9/h1-3,9-11H,4-8H2,(H,20,23)(H2,19,21,22). The Morgan fingerprint density at radius 1 is 1.30 bits per heavy atom. The first-order valence-electron chi connectivity index (χ1n) is 8.11. The molecule has 5 nitrogen and oxygen atoms in total. The molecule has 1 aromatic heterocycles. The van der Waals surface area contributed by atoms with Crippen molar-refractivity contribution in [3.8, 4) is 0 Å². The predicted molar refractivity (Wildman–Crippen MR) is 85.2 cm³/mol. The Balaban J connectivity index is 1.56. The van der Waals surface area contributed by atoms with Crippen molar-refractivity contribution in [2.75, 3.05) is 12.3 Å². The number of carbonyl (C=O) groups excluding carboxylic acids is 1. The van der Waals surface area contributed by atoms with Crippen LogP contribution in [0.15, 0.2) is 18.2 Å². The number of nitrogens with zero attached hydrogens (tertiary/aromatic N) is 2. The Hall–Kier alpha value is -2.24. The first kappa shape index (κ1) is 14.4. The molecule has 0 saturated heterocycles.